The van der Waals surface area contributed by atoms with Crippen LogP contribution in [0.1, 0.15) is 47.1 Å². The number of aromatic carboxylic acids is 1. The maximum Gasteiger partial charge on any atom is 0.338 e. The highest BCUT2D eigenvalue weighted by Crippen LogP contribution is 2.49. The maximum absolute atomic E-state index is 13.9. The van der Waals surface area contributed by atoms with Crippen LogP contribution in [0.15, 0.2) is 46.8 Å². The van der Waals surface area contributed by atoms with Gasteiger partial charge >= 0.3 is 5.97 Å². The van der Waals surface area contributed by atoms with Gasteiger partial charge in [0.15, 0.2) is 0 Å². The van der Waals surface area contributed by atoms with Crippen LogP contribution >= 0.6 is 22.9 Å². The van der Waals surface area contributed by atoms with Crippen LogP contribution in [0.2, 0.25) is 5.02 Å². The molecule has 10 nitrogen and oxygen atoms in total. The molecule has 5 heterocycles. The Bertz CT molecular complexity index is 2340. The van der Waals surface area contributed by atoms with E-state index in [1.807, 2.05) is 11.8 Å². The SMILES string of the molecule is Cc1nc2cnc(N3CCN(C4(C)CC(F)(F)C4)CC3)c(C#N)c2c(=O)n1CC#Cc1ccc(Cl)cc1-c1ccnc2c(C(=O)O)csc12. The van der Waals surface area contributed by atoms with Gasteiger partial charge in [-0.25, -0.2) is 23.5 Å². The average molecular weight is 700 g/mol. The molecule has 0 atom stereocenters. The van der Waals surface area contributed by atoms with Crippen molar-refractivity contribution in [3.8, 4) is 29.0 Å². The second-order valence-corrected chi connectivity index (χ2v) is 13.9. The summed E-state index contributed by atoms with van der Waals surface area (Å²) in [6.07, 6.45) is 2.71. The fourth-order valence-corrected chi connectivity index (χ4v) is 8.14. The molecule has 7 rings (SSSR count). The van der Waals surface area contributed by atoms with Gasteiger partial charge in [-0.3, -0.25) is 19.2 Å². The van der Waals surface area contributed by atoms with Crippen molar-refractivity contribution in [1.82, 2.24) is 24.4 Å². The number of aromatic nitrogens is 4. The summed E-state index contributed by atoms with van der Waals surface area (Å²) in [4.78, 5) is 43.0. The van der Waals surface area contributed by atoms with Crippen LogP contribution in [0.4, 0.5) is 14.6 Å². The number of aryl methyl sites for hydroxylation is 1. The van der Waals surface area contributed by atoms with Crippen molar-refractivity contribution in [2.75, 3.05) is 31.1 Å². The van der Waals surface area contributed by atoms with Crippen LogP contribution in [0.25, 0.3) is 32.2 Å². The molecule has 1 N–H and O–H groups in total. The van der Waals surface area contributed by atoms with Gasteiger partial charge in [0.1, 0.15) is 23.3 Å². The number of carboxylic acid groups (broad SMARTS) is 1. The van der Waals surface area contributed by atoms with Gasteiger partial charge in [-0.1, -0.05) is 23.4 Å². The lowest BCUT2D eigenvalue weighted by molar-refractivity contribution is -0.169. The number of carbonyl (C=O) groups is 1. The molecule has 2 aliphatic rings. The number of fused-ring (bicyclic) bond motifs is 2. The highest BCUT2D eigenvalue weighted by Gasteiger charge is 2.56. The third-order valence-corrected chi connectivity index (χ3v) is 10.6. The summed E-state index contributed by atoms with van der Waals surface area (Å²) in [6.45, 7) is 5.55. The number of anilines is 1. The Morgan fingerprint density at radius 3 is 2.59 bits per heavy atom. The topological polar surface area (TPSA) is 128 Å². The van der Waals surface area contributed by atoms with Gasteiger partial charge in [-0.05, 0) is 38.1 Å². The fourth-order valence-electron chi connectivity index (χ4n) is 6.94. The van der Waals surface area contributed by atoms with E-state index in [2.05, 4.69) is 37.8 Å². The Labute approximate surface area is 288 Å². The molecule has 1 aliphatic carbocycles. The molecule has 248 valence electrons. The Hall–Kier alpha value is -4.95. The molecule has 1 saturated carbocycles. The molecule has 1 saturated heterocycles. The van der Waals surface area contributed by atoms with Crippen molar-refractivity contribution in [2.45, 2.75) is 44.7 Å². The van der Waals surface area contributed by atoms with Gasteiger partial charge in [-0.15, -0.1) is 11.3 Å². The minimum Gasteiger partial charge on any atom is -0.478 e. The third-order valence-electron chi connectivity index (χ3n) is 9.32. The Morgan fingerprint density at radius 2 is 1.90 bits per heavy atom. The molecule has 14 heteroatoms. The Balaban J connectivity index is 1.20. The summed E-state index contributed by atoms with van der Waals surface area (Å²) in [5.41, 5.74) is 1.96. The van der Waals surface area contributed by atoms with Gasteiger partial charge in [0.2, 0.25) is 0 Å². The number of hydrogen-bond acceptors (Lipinski definition) is 9. The molecule has 0 unspecified atom stereocenters. The molecular weight excluding hydrogens is 672 g/mol. The van der Waals surface area contributed by atoms with Crippen molar-refractivity contribution in [3.63, 3.8) is 0 Å². The fraction of sp³-hybridized carbons (Fsp3) is 0.314. The molecule has 2 fully saturated rings. The highest BCUT2D eigenvalue weighted by molar-refractivity contribution is 7.18. The van der Waals surface area contributed by atoms with E-state index in [1.165, 1.54) is 22.1 Å². The predicted octanol–water partition coefficient (Wildman–Crippen LogP) is 5.96. The zero-order valence-corrected chi connectivity index (χ0v) is 28.0. The summed E-state index contributed by atoms with van der Waals surface area (Å²) in [6, 6.07) is 9.18. The molecule has 0 spiro atoms. The number of rotatable bonds is 5. The van der Waals surface area contributed by atoms with E-state index in [0.29, 0.717) is 69.7 Å². The van der Waals surface area contributed by atoms with E-state index in [1.54, 1.807) is 42.8 Å². The largest absolute Gasteiger partial charge is 0.478 e. The van der Waals surface area contributed by atoms with E-state index in [-0.39, 0.29) is 35.9 Å². The minimum absolute atomic E-state index is 0.0198. The quantitative estimate of drug-likeness (QED) is 0.221. The summed E-state index contributed by atoms with van der Waals surface area (Å²) in [5.74, 6) is 3.29. The Morgan fingerprint density at radius 1 is 1.14 bits per heavy atom. The first-order valence-corrected chi connectivity index (χ1v) is 16.7. The second kappa shape index (κ2) is 12.2. The van der Waals surface area contributed by atoms with Crippen LogP contribution in [-0.2, 0) is 6.54 Å². The van der Waals surface area contributed by atoms with Gasteiger partial charge in [-0.2, -0.15) is 5.26 Å². The van der Waals surface area contributed by atoms with Gasteiger partial charge < -0.3 is 10.0 Å². The van der Waals surface area contributed by atoms with Gasteiger partial charge in [0, 0.05) is 77.8 Å². The molecule has 0 bridgehead atoms. The van der Waals surface area contributed by atoms with Crippen molar-refractivity contribution in [1.29, 1.82) is 5.26 Å². The van der Waals surface area contributed by atoms with Crippen LogP contribution in [0.3, 0.4) is 0 Å². The monoisotopic (exact) mass is 699 g/mol. The number of thiophene rings is 1. The van der Waals surface area contributed by atoms with Crippen LogP contribution < -0.4 is 10.5 Å². The number of halogens is 3. The second-order valence-electron chi connectivity index (χ2n) is 12.5. The number of piperazine rings is 1. The number of benzene rings is 1. The molecule has 4 aromatic heterocycles. The Kier molecular flexibility index (Phi) is 8.10. The molecule has 0 amide bonds. The van der Waals surface area contributed by atoms with E-state index in [9.17, 15) is 28.7 Å². The number of alkyl halides is 2. The lowest BCUT2D eigenvalue weighted by atomic mass is 9.73. The summed E-state index contributed by atoms with van der Waals surface area (Å²) < 4.78 is 29.4. The standard InChI is InChI=1S/C35H28ClF2N7O3S/c1-20-42-27-16-41-31(43-10-12-44(13-11-43)34(2)18-35(37,38)19-34)25(15-39)28(27)32(46)45(20)9-3-4-21-5-6-22(36)14-24(21)23-7-8-40-29-26(33(47)48)17-49-30(23)29/h5-8,14,16-17H,9-13,18-19H2,1-2H3,(H,47,48). The highest BCUT2D eigenvalue weighted by atomic mass is 35.5. The number of hydrogen-bond donors (Lipinski definition) is 1. The van der Waals surface area contributed by atoms with E-state index < -0.39 is 23.0 Å². The summed E-state index contributed by atoms with van der Waals surface area (Å²) >= 11 is 7.64. The lowest BCUT2D eigenvalue weighted by Crippen LogP contribution is -2.64. The minimum atomic E-state index is -2.63. The lowest BCUT2D eigenvalue weighted by Gasteiger charge is -2.54. The van der Waals surface area contributed by atoms with Crippen molar-refractivity contribution in [2.24, 2.45) is 0 Å². The molecule has 1 aromatic carbocycles. The molecule has 1 aliphatic heterocycles. The first-order chi connectivity index (χ1) is 23.4. The van der Waals surface area contributed by atoms with Crippen LogP contribution in [-0.4, -0.2) is 73.1 Å². The third kappa shape index (κ3) is 5.78. The predicted molar refractivity (Wildman–Crippen MR) is 184 cm³/mol. The van der Waals surface area contributed by atoms with Gasteiger partial charge in [0.05, 0.1) is 39.4 Å². The smallest absolute Gasteiger partial charge is 0.338 e. The summed E-state index contributed by atoms with van der Waals surface area (Å²) in [5, 5.41) is 22.0. The van der Waals surface area contributed by atoms with Crippen molar-refractivity contribution in [3.05, 3.63) is 79.9 Å². The number of pyridine rings is 2. The first kappa shape index (κ1) is 32.6. The summed E-state index contributed by atoms with van der Waals surface area (Å²) in [7, 11) is 0. The maximum atomic E-state index is 13.9. The van der Waals surface area contributed by atoms with Crippen LogP contribution in [0, 0.1) is 30.1 Å². The zero-order chi connectivity index (χ0) is 34.7. The normalized spacial score (nSPS) is 16.9. The van der Waals surface area contributed by atoms with E-state index in [4.69, 9.17) is 11.6 Å². The molecule has 49 heavy (non-hydrogen) atoms. The number of nitriles is 1. The van der Waals surface area contributed by atoms with Crippen molar-refractivity contribution >= 4 is 55.8 Å². The van der Waals surface area contributed by atoms with E-state index >= 15 is 0 Å². The number of carboxylic acids is 1. The molecular formula is C35H28ClF2N7O3S. The van der Waals surface area contributed by atoms with Crippen molar-refractivity contribution < 1.29 is 18.7 Å². The first-order valence-electron chi connectivity index (χ1n) is 15.5. The van der Waals surface area contributed by atoms with E-state index in [0.717, 1.165) is 5.56 Å². The zero-order valence-electron chi connectivity index (χ0n) is 26.4. The number of nitrogens with zero attached hydrogens (tertiary/aromatic N) is 7. The molecule has 5 aromatic rings. The average Bonchev–Trinajstić information content (AvgIpc) is 3.50. The van der Waals surface area contributed by atoms with Crippen LogP contribution in [0.5, 0.6) is 0 Å². The molecule has 0 radical (unpaired) electrons. The van der Waals surface area contributed by atoms with Gasteiger partial charge in [0.25, 0.3) is 11.5 Å².